The number of hydrogen-bond donors (Lipinski definition) is 0. The molecule has 12 aromatic carbocycles. The van der Waals surface area contributed by atoms with Crippen LogP contribution in [0.25, 0.3) is 22.3 Å². The summed E-state index contributed by atoms with van der Waals surface area (Å²) in [6.07, 6.45) is 0. The van der Waals surface area contributed by atoms with Crippen LogP contribution in [0.3, 0.4) is 0 Å². The van der Waals surface area contributed by atoms with Crippen LogP contribution in [0.5, 0.6) is 0 Å². The van der Waals surface area contributed by atoms with Crippen LogP contribution in [0.15, 0.2) is 243 Å². The van der Waals surface area contributed by atoms with Crippen LogP contribution < -0.4 is 19.6 Å². The zero-order valence-corrected chi connectivity index (χ0v) is 66.9. The number of aryl methyl sites for hydroxylation is 12. The topological polar surface area (TPSA) is 13.0 Å². The van der Waals surface area contributed by atoms with E-state index in [2.05, 4.69) is 428 Å². The lowest BCUT2D eigenvalue weighted by molar-refractivity contribution is 0.589. The van der Waals surface area contributed by atoms with Crippen LogP contribution >= 0.6 is 0 Å². The highest BCUT2D eigenvalue weighted by Gasteiger charge is 2.27. The monoisotopic (exact) mass is 1370 g/mol. The summed E-state index contributed by atoms with van der Waals surface area (Å²) in [5.74, 6) is 0. The normalized spacial score (nSPS) is 11.8. The molecular weight excluding hydrogens is 1260 g/mol. The molecule has 0 heterocycles. The van der Waals surface area contributed by atoms with E-state index in [9.17, 15) is 0 Å². The van der Waals surface area contributed by atoms with Gasteiger partial charge in [0.1, 0.15) is 0 Å². The summed E-state index contributed by atoms with van der Waals surface area (Å²) in [5.41, 5.74) is 40.1. The van der Waals surface area contributed by atoms with E-state index < -0.39 is 0 Å². The molecule has 0 aliphatic rings. The van der Waals surface area contributed by atoms with Crippen LogP contribution in [0, 0.1) is 83.1 Å². The van der Waals surface area contributed by atoms with Crippen molar-refractivity contribution in [2.45, 2.75) is 188 Å². The molecule has 4 nitrogen and oxygen atoms in total. The van der Waals surface area contributed by atoms with Crippen molar-refractivity contribution in [3.63, 3.8) is 0 Å². The van der Waals surface area contributed by atoms with E-state index in [1.54, 1.807) is 0 Å². The quantitative estimate of drug-likeness (QED) is 0.108. The highest BCUT2D eigenvalue weighted by molar-refractivity contribution is 5.87. The van der Waals surface area contributed by atoms with Gasteiger partial charge in [-0.15, -0.1) is 0 Å². The second-order valence-electron chi connectivity index (χ2n) is 33.7. The molecule has 0 spiro atoms. The molecule has 0 aliphatic carbocycles. The Hall–Kier alpha value is -10.2. The van der Waals surface area contributed by atoms with Gasteiger partial charge in [-0.2, -0.15) is 0 Å². The van der Waals surface area contributed by atoms with E-state index in [0.717, 1.165) is 45.5 Å². The van der Waals surface area contributed by atoms with Gasteiger partial charge in [-0.1, -0.05) is 251 Å². The molecule has 4 heteroatoms. The second kappa shape index (κ2) is 29.9. The third kappa shape index (κ3) is 16.6. The Labute approximate surface area is 625 Å². The largest absolute Gasteiger partial charge is 0.310 e. The molecule has 0 aromatic heterocycles. The molecule has 0 fully saturated rings. The number of anilines is 12. The van der Waals surface area contributed by atoms with Crippen molar-refractivity contribution < 1.29 is 0 Å². The summed E-state index contributed by atoms with van der Waals surface area (Å²) >= 11 is 0. The van der Waals surface area contributed by atoms with Crippen LogP contribution in [0.1, 0.15) is 172 Å². The minimum atomic E-state index is 0.0889. The maximum Gasteiger partial charge on any atom is 0.0520 e. The zero-order valence-electron chi connectivity index (χ0n) is 66.9. The lowest BCUT2D eigenvalue weighted by Crippen LogP contribution is -2.16. The third-order valence-electron chi connectivity index (χ3n) is 20.7. The Morgan fingerprint density at radius 2 is 0.279 bits per heavy atom. The fraction of sp³-hybridized carbons (Fsp3) is 0.280. The molecule has 0 saturated carbocycles. The van der Waals surface area contributed by atoms with Crippen molar-refractivity contribution in [2.75, 3.05) is 19.6 Å². The Morgan fingerprint density at radius 3 is 0.394 bits per heavy atom. The van der Waals surface area contributed by atoms with E-state index in [1.165, 1.54) is 134 Å². The molecule has 12 rings (SSSR count). The smallest absolute Gasteiger partial charge is 0.0520 e. The Bertz CT molecular complexity index is 4250. The predicted molar refractivity (Wildman–Crippen MR) is 454 cm³/mol. The first kappa shape index (κ1) is 75.0. The lowest BCUT2D eigenvalue weighted by Gasteiger charge is -2.31. The Morgan fingerprint density at radius 1 is 0.163 bits per heavy atom. The Kier molecular flexibility index (Phi) is 21.6. The summed E-state index contributed by atoms with van der Waals surface area (Å²) in [4.78, 5) is 9.66. The van der Waals surface area contributed by atoms with Gasteiger partial charge in [0.05, 0.1) is 22.7 Å². The molecule has 0 bridgehead atoms. The van der Waals surface area contributed by atoms with Crippen LogP contribution in [-0.2, 0) is 21.7 Å². The van der Waals surface area contributed by atoms with Crippen molar-refractivity contribution in [3.8, 4) is 22.3 Å². The fourth-order valence-electron chi connectivity index (χ4n) is 14.6. The summed E-state index contributed by atoms with van der Waals surface area (Å²) in [6, 6.07) is 90.6. The maximum absolute atomic E-state index is 2.42. The molecule has 104 heavy (non-hydrogen) atoms. The molecule has 0 saturated heterocycles. The van der Waals surface area contributed by atoms with E-state index in [1.807, 2.05) is 0 Å². The van der Waals surface area contributed by atoms with E-state index in [4.69, 9.17) is 0 Å². The van der Waals surface area contributed by atoms with Crippen LogP contribution in [-0.4, -0.2) is 0 Å². The van der Waals surface area contributed by atoms with Crippen molar-refractivity contribution in [1.29, 1.82) is 0 Å². The summed E-state index contributed by atoms with van der Waals surface area (Å²) in [7, 11) is 0. The minimum Gasteiger partial charge on any atom is -0.310 e. The molecule has 0 unspecified atom stereocenters. The number of benzene rings is 12. The predicted octanol–water partition coefficient (Wildman–Crippen LogP) is 29.5. The molecule has 0 radical (unpaired) electrons. The average Bonchev–Trinajstić information content (AvgIpc) is 0.788. The number of nitrogens with zero attached hydrogens (tertiary/aromatic N) is 4. The van der Waals surface area contributed by atoms with Crippen molar-refractivity contribution in [1.82, 2.24) is 0 Å². The van der Waals surface area contributed by atoms with E-state index in [0.29, 0.717) is 0 Å². The molecule has 532 valence electrons. The van der Waals surface area contributed by atoms with Crippen molar-refractivity contribution in [3.05, 3.63) is 332 Å². The minimum absolute atomic E-state index is 0.0889. The van der Waals surface area contributed by atoms with Crippen molar-refractivity contribution >= 4 is 68.2 Å². The first-order chi connectivity index (χ1) is 49.0. The van der Waals surface area contributed by atoms with Gasteiger partial charge in [-0.25, -0.2) is 0 Å². The molecule has 0 amide bonds. The highest BCUT2D eigenvalue weighted by Crippen LogP contribution is 2.47. The molecule has 0 atom stereocenters. The molecule has 0 N–H and O–H groups in total. The molecule has 0 aliphatic heterocycles. The van der Waals surface area contributed by atoms with Gasteiger partial charge in [0.2, 0.25) is 0 Å². The molecular formula is C100H112N4. The zero-order chi connectivity index (χ0) is 75.1. The van der Waals surface area contributed by atoms with Gasteiger partial charge in [-0.05, 0) is 291 Å². The van der Waals surface area contributed by atoms with Crippen LogP contribution in [0.4, 0.5) is 68.2 Å². The van der Waals surface area contributed by atoms with Gasteiger partial charge >= 0.3 is 0 Å². The Balaban J connectivity index is 0.000000208. The van der Waals surface area contributed by atoms with E-state index >= 15 is 0 Å². The third-order valence-corrected chi connectivity index (χ3v) is 20.7. The first-order valence-electron chi connectivity index (χ1n) is 37.4. The van der Waals surface area contributed by atoms with Gasteiger partial charge in [0, 0.05) is 45.5 Å². The summed E-state index contributed by atoms with van der Waals surface area (Å²) in [5, 5.41) is 0. The lowest BCUT2D eigenvalue weighted by atomic mass is 9.84. The van der Waals surface area contributed by atoms with Crippen LogP contribution in [0.2, 0.25) is 0 Å². The van der Waals surface area contributed by atoms with Gasteiger partial charge in [-0.3, -0.25) is 0 Å². The molecule has 12 aromatic rings. The standard InChI is InChI=1S/2C50H56N2/c2*1-33-13-21-43(22-14-33)51(47-35(3)29-41(30-36(47)4)49(7,8)9)45-25-17-39(18-26-45)40-19-27-46(28-20-40)52(44-23-15-34(2)16-24-44)48-37(5)31-42(32-38(48)6)50(10,11)12/h2*13-32H,1-12H3. The average molecular weight is 1370 g/mol. The summed E-state index contributed by atoms with van der Waals surface area (Å²) < 4.78 is 0. The van der Waals surface area contributed by atoms with Gasteiger partial charge in [0.25, 0.3) is 0 Å². The maximum atomic E-state index is 2.42. The summed E-state index contributed by atoms with van der Waals surface area (Å²) in [6.45, 7) is 54.0. The highest BCUT2D eigenvalue weighted by atomic mass is 15.2. The van der Waals surface area contributed by atoms with Crippen molar-refractivity contribution in [2.24, 2.45) is 0 Å². The SMILES string of the molecule is Cc1ccc(N(c2ccc(-c3ccc(N(c4ccc(C)cc4)c4c(C)cc(C(C)(C)C)cc4C)cc3)cc2)c2c(C)cc(C(C)(C)C)cc2C)cc1.Cc1ccc(N(c2ccc(-c3ccc(N(c4ccc(C)cc4)c4c(C)cc(C(C)(C)C)cc4C)cc3)cc2)c2c(C)cc(C(C)(C)C)cc2C)cc1. The van der Waals surface area contributed by atoms with Gasteiger partial charge in [0.15, 0.2) is 0 Å². The van der Waals surface area contributed by atoms with E-state index in [-0.39, 0.29) is 21.7 Å². The fourth-order valence-corrected chi connectivity index (χ4v) is 14.6. The number of hydrogen-bond acceptors (Lipinski definition) is 4. The van der Waals surface area contributed by atoms with Gasteiger partial charge < -0.3 is 19.6 Å². The first-order valence-corrected chi connectivity index (χ1v) is 37.4. The second-order valence-corrected chi connectivity index (χ2v) is 33.7. The number of rotatable bonds is 14.